The predicted molar refractivity (Wildman–Crippen MR) is 51.5 cm³/mol. The number of aromatic nitrogens is 2. The Morgan fingerprint density at radius 3 is 2.73 bits per heavy atom. The van der Waals surface area contributed by atoms with Gasteiger partial charge < -0.3 is 16.0 Å². The third-order valence-corrected chi connectivity index (χ3v) is 2.22. The predicted octanol–water partition coefficient (Wildman–Crippen LogP) is -2.11. The maximum Gasteiger partial charge on any atom is 0.325 e. The van der Waals surface area contributed by atoms with Crippen molar-refractivity contribution in [3.63, 3.8) is 0 Å². The third kappa shape index (κ3) is 1.96. The minimum Gasteiger partial charge on any atom is -0.347 e. The Morgan fingerprint density at radius 2 is 2.20 bits per heavy atom. The minimum atomic E-state index is -0.703. The zero-order chi connectivity index (χ0) is 11.0. The number of carbonyl (C=O) groups is 1. The molecule has 0 aromatic carbocycles. The molecule has 1 aliphatic carbocycles. The summed E-state index contributed by atoms with van der Waals surface area (Å²) >= 11 is 0. The molecule has 1 amide bonds. The van der Waals surface area contributed by atoms with Crippen molar-refractivity contribution >= 4 is 5.91 Å². The van der Waals surface area contributed by atoms with E-state index < -0.39 is 17.2 Å². The topological polar surface area (TPSA) is 121 Å². The second-order valence-electron chi connectivity index (χ2n) is 3.47. The summed E-state index contributed by atoms with van der Waals surface area (Å²) in [5.74, 6) is -0.523. The van der Waals surface area contributed by atoms with Crippen LogP contribution in [0.5, 0.6) is 0 Å². The molecule has 1 heterocycles. The highest BCUT2D eigenvalue weighted by Crippen LogP contribution is 2.17. The number of nitrogens with two attached hydrogens (primary N) is 1. The maximum absolute atomic E-state index is 11.5. The summed E-state index contributed by atoms with van der Waals surface area (Å²) in [5.41, 5.74) is 4.04. The number of nitrogens with one attached hydrogen (secondary N) is 3. The van der Waals surface area contributed by atoms with Gasteiger partial charge in [0, 0.05) is 18.3 Å². The van der Waals surface area contributed by atoms with Crippen LogP contribution in [-0.4, -0.2) is 28.0 Å². The standard InChI is InChI=1S/C8H10N4O3/c9-4-1-5(4)11-6(13)3-2-10-8(15)12-7(3)14/h2,4-5H,1,9H2,(H,11,13)(H2,10,12,14,15). The van der Waals surface area contributed by atoms with Gasteiger partial charge in [0.1, 0.15) is 5.56 Å². The zero-order valence-electron chi connectivity index (χ0n) is 7.74. The molecule has 0 spiro atoms. The largest absolute Gasteiger partial charge is 0.347 e. The molecule has 80 valence electrons. The number of hydrogen-bond acceptors (Lipinski definition) is 4. The van der Waals surface area contributed by atoms with Gasteiger partial charge in [-0.05, 0) is 6.42 Å². The Balaban J connectivity index is 2.18. The molecule has 2 rings (SSSR count). The fraction of sp³-hybridized carbons (Fsp3) is 0.375. The number of aromatic amines is 2. The van der Waals surface area contributed by atoms with E-state index in [1.807, 2.05) is 4.98 Å². The second kappa shape index (κ2) is 3.35. The lowest BCUT2D eigenvalue weighted by atomic mass is 10.3. The van der Waals surface area contributed by atoms with Crippen LogP contribution in [-0.2, 0) is 0 Å². The first-order valence-electron chi connectivity index (χ1n) is 4.46. The van der Waals surface area contributed by atoms with E-state index in [4.69, 9.17) is 5.73 Å². The molecule has 0 saturated heterocycles. The van der Waals surface area contributed by atoms with Crippen molar-refractivity contribution in [3.8, 4) is 0 Å². The highest BCUT2D eigenvalue weighted by molar-refractivity contribution is 5.93. The van der Waals surface area contributed by atoms with E-state index in [1.165, 1.54) is 0 Å². The fourth-order valence-corrected chi connectivity index (χ4v) is 1.21. The summed E-state index contributed by atoms with van der Waals surface area (Å²) < 4.78 is 0. The molecule has 7 nitrogen and oxygen atoms in total. The lowest BCUT2D eigenvalue weighted by molar-refractivity contribution is 0.0948. The first-order valence-corrected chi connectivity index (χ1v) is 4.46. The van der Waals surface area contributed by atoms with Crippen LogP contribution in [0.3, 0.4) is 0 Å². The van der Waals surface area contributed by atoms with Gasteiger partial charge in [-0.15, -0.1) is 0 Å². The van der Waals surface area contributed by atoms with Crippen molar-refractivity contribution in [2.45, 2.75) is 18.5 Å². The Kier molecular flexibility index (Phi) is 2.16. The van der Waals surface area contributed by atoms with Crippen LogP contribution in [0.25, 0.3) is 0 Å². The van der Waals surface area contributed by atoms with Crippen LogP contribution in [0.1, 0.15) is 16.8 Å². The molecule has 5 N–H and O–H groups in total. The molecular formula is C8H10N4O3. The summed E-state index contributed by atoms with van der Waals surface area (Å²) in [6.45, 7) is 0. The molecule has 0 bridgehead atoms. The second-order valence-corrected chi connectivity index (χ2v) is 3.47. The molecule has 1 aromatic heterocycles. The average molecular weight is 210 g/mol. The van der Waals surface area contributed by atoms with Gasteiger partial charge in [0.25, 0.3) is 11.5 Å². The van der Waals surface area contributed by atoms with E-state index in [9.17, 15) is 14.4 Å². The SMILES string of the molecule is NC1CC1NC(=O)c1c[nH]c(=O)[nH]c1=O. The van der Waals surface area contributed by atoms with Crippen molar-refractivity contribution in [1.29, 1.82) is 0 Å². The maximum atomic E-state index is 11.5. The lowest BCUT2D eigenvalue weighted by Crippen LogP contribution is -2.36. The van der Waals surface area contributed by atoms with Crippen LogP contribution in [0.2, 0.25) is 0 Å². The molecule has 15 heavy (non-hydrogen) atoms. The van der Waals surface area contributed by atoms with Crippen LogP contribution in [0, 0.1) is 0 Å². The molecule has 0 radical (unpaired) electrons. The Bertz CT molecular complexity index is 503. The van der Waals surface area contributed by atoms with Gasteiger partial charge in [0.2, 0.25) is 0 Å². The van der Waals surface area contributed by atoms with Crippen LogP contribution >= 0.6 is 0 Å². The molecule has 2 atom stereocenters. The number of hydrogen-bond donors (Lipinski definition) is 4. The molecule has 1 fully saturated rings. The van der Waals surface area contributed by atoms with E-state index in [-0.39, 0.29) is 17.6 Å². The summed E-state index contributed by atoms with van der Waals surface area (Å²) in [6, 6.07) is -0.0976. The summed E-state index contributed by atoms with van der Waals surface area (Å²) in [6.07, 6.45) is 1.80. The smallest absolute Gasteiger partial charge is 0.325 e. The Labute approximate surface area is 83.7 Å². The third-order valence-electron chi connectivity index (χ3n) is 2.22. The monoisotopic (exact) mass is 210 g/mol. The van der Waals surface area contributed by atoms with E-state index in [1.54, 1.807) is 0 Å². The Hall–Kier alpha value is -1.89. The van der Waals surface area contributed by atoms with Crippen LogP contribution in [0.15, 0.2) is 15.8 Å². The first kappa shape index (κ1) is 9.66. The number of amides is 1. The van der Waals surface area contributed by atoms with E-state index >= 15 is 0 Å². The molecule has 7 heteroatoms. The van der Waals surface area contributed by atoms with Crippen molar-refractivity contribution in [3.05, 3.63) is 32.6 Å². The molecular weight excluding hydrogens is 200 g/mol. The van der Waals surface area contributed by atoms with Gasteiger partial charge >= 0.3 is 5.69 Å². The van der Waals surface area contributed by atoms with Crippen molar-refractivity contribution in [1.82, 2.24) is 15.3 Å². The molecule has 1 saturated carbocycles. The van der Waals surface area contributed by atoms with Crippen molar-refractivity contribution < 1.29 is 4.79 Å². The molecule has 2 unspecified atom stereocenters. The molecule has 0 aliphatic heterocycles. The van der Waals surface area contributed by atoms with Gasteiger partial charge in [-0.2, -0.15) is 0 Å². The van der Waals surface area contributed by atoms with Crippen molar-refractivity contribution in [2.24, 2.45) is 5.73 Å². The van der Waals surface area contributed by atoms with Crippen LogP contribution < -0.4 is 22.3 Å². The highest BCUT2D eigenvalue weighted by Gasteiger charge is 2.35. The molecule has 1 aromatic rings. The summed E-state index contributed by atoms with van der Waals surface area (Å²) in [7, 11) is 0. The summed E-state index contributed by atoms with van der Waals surface area (Å²) in [5, 5.41) is 2.57. The van der Waals surface area contributed by atoms with Crippen molar-refractivity contribution in [2.75, 3.05) is 0 Å². The van der Waals surface area contributed by atoms with Gasteiger partial charge in [-0.1, -0.05) is 0 Å². The highest BCUT2D eigenvalue weighted by atomic mass is 16.2. The van der Waals surface area contributed by atoms with Gasteiger partial charge in [0.05, 0.1) is 0 Å². The van der Waals surface area contributed by atoms with E-state index in [0.29, 0.717) is 6.42 Å². The van der Waals surface area contributed by atoms with Gasteiger partial charge in [0.15, 0.2) is 0 Å². The quantitative estimate of drug-likeness (QED) is 0.446. The van der Waals surface area contributed by atoms with E-state index in [2.05, 4.69) is 10.3 Å². The normalized spacial score (nSPS) is 23.5. The number of carbonyl (C=O) groups excluding carboxylic acids is 1. The molecule has 1 aliphatic rings. The number of H-pyrrole nitrogens is 2. The zero-order valence-corrected chi connectivity index (χ0v) is 7.74. The van der Waals surface area contributed by atoms with Crippen LogP contribution in [0.4, 0.5) is 0 Å². The average Bonchev–Trinajstić information content (AvgIpc) is 2.81. The van der Waals surface area contributed by atoms with Gasteiger partial charge in [-0.3, -0.25) is 14.6 Å². The Morgan fingerprint density at radius 1 is 1.53 bits per heavy atom. The van der Waals surface area contributed by atoms with Gasteiger partial charge in [-0.25, -0.2) is 4.79 Å². The number of rotatable bonds is 2. The fourth-order valence-electron chi connectivity index (χ4n) is 1.21. The lowest BCUT2D eigenvalue weighted by Gasteiger charge is -2.01. The van der Waals surface area contributed by atoms with E-state index in [0.717, 1.165) is 6.20 Å². The first-order chi connectivity index (χ1) is 7.08. The minimum absolute atomic E-state index is 0.0317. The summed E-state index contributed by atoms with van der Waals surface area (Å²) in [4.78, 5) is 37.5.